The fraction of sp³-hybridized carbons (Fsp3) is 0.409. The van der Waals surface area contributed by atoms with Crippen LogP contribution >= 0.6 is 11.8 Å². The number of carbonyl (C=O) groups excluding carboxylic acids is 2. The quantitative estimate of drug-likeness (QED) is 0.820. The van der Waals surface area contributed by atoms with Gasteiger partial charge in [0.25, 0.3) is 5.91 Å². The topological polar surface area (TPSA) is 65.5 Å². The number of aromatic nitrogens is 1. The smallest absolute Gasteiger partial charge is 0.255 e. The molecule has 2 aliphatic rings. The number of likely N-dealkylation sites (tertiary alicyclic amines) is 1. The summed E-state index contributed by atoms with van der Waals surface area (Å²) in [6.07, 6.45) is 3.67. The van der Waals surface area contributed by atoms with Crippen molar-refractivity contribution in [3.8, 4) is 0 Å². The summed E-state index contributed by atoms with van der Waals surface area (Å²) < 4.78 is 0. The van der Waals surface area contributed by atoms with E-state index in [0.29, 0.717) is 17.2 Å². The molecule has 1 aromatic carbocycles. The standard InChI is InChI=1S/C22H26N4O2S/c27-21(20-15-29-16-26(20)22(28)17-6-2-1-3-7-17)24-18-9-12-25(13-10-18)14-19-8-4-5-11-23-19/h1-8,11,18,20H,9-10,12-16H2,(H,24,27). The Labute approximate surface area is 175 Å². The van der Waals surface area contributed by atoms with E-state index in [4.69, 9.17) is 0 Å². The third kappa shape index (κ3) is 4.97. The molecule has 0 radical (unpaired) electrons. The minimum atomic E-state index is -0.390. The van der Waals surface area contributed by atoms with E-state index in [1.54, 1.807) is 28.8 Å². The van der Waals surface area contributed by atoms with Gasteiger partial charge in [-0.3, -0.25) is 19.5 Å². The molecule has 2 fully saturated rings. The lowest BCUT2D eigenvalue weighted by Gasteiger charge is -2.33. The Morgan fingerprint density at radius 3 is 2.55 bits per heavy atom. The van der Waals surface area contributed by atoms with Crippen molar-refractivity contribution in [1.82, 2.24) is 20.1 Å². The summed E-state index contributed by atoms with van der Waals surface area (Å²) in [5.41, 5.74) is 1.71. The second-order valence-electron chi connectivity index (χ2n) is 7.54. The molecule has 1 N–H and O–H groups in total. The first-order valence-corrected chi connectivity index (χ1v) is 11.2. The van der Waals surface area contributed by atoms with E-state index >= 15 is 0 Å². The number of hydrogen-bond donors (Lipinski definition) is 1. The van der Waals surface area contributed by atoms with Gasteiger partial charge in [0, 0.05) is 43.2 Å². The van der Waals surface area contributed by atoms with Crippen LogP contribution in [0.5, 0.6) is 0 Å². The molecule has 29 heavy (non-hydrogen) atoms. The molecule has 3 heterocycles. The molecule has 7 heteroatoms. The summed E-state index contributed by atoms with van der Waals surface area (Å²) in [6.45, 7) is 2.72. The molecule has 1 aromatic heterocycles. The van der Waals surface area contributed by atoms with Crippen LogP contribution in [0.4, 0.5) is 0 Å². The van der Waals surface area contributed by atoms with Crippen LogP contribution in [0.3, 0.4) is 0 Å². The zero-order chi connectivity index (χ0) is 20.1. The van der Waals surface area contributed by atoms with Crippen LogP contribution in [-0.4, -0.2) is 63.4 Å². The van der Waals surface area contributed by atoms with E-state index in [0.717, 1.165) is 38.2 Å². The highest BCUT2D eigenvalue weighted by atomic mass is 32.2. The zero-order valence-electron chi connectivity index (χ0n) is 16.4. The molecule has 0 bridgehead atoms. The molecule has 6 nitrogen and oxygen atoms in total. The Balaban J connectivity index is 1.28. The summed E-state index contributed by atoms with van der Waals surface area (Å²) in [5, 5.41) is 3.19. The van der Waals surface area contributed by atoms with E-state index in [9.17, 15) is 9.59 Å². The SMILES string of the molecule is O=C(NC1CCN(Cc2ccccn2)CC1)C1CSCN1C(=O)c1ccccc1. The molecule has 0 saturated carbocycles. The van der Waals surface area contributed by atoms with Crippen molar-refractivity contribution in [3.05, 3.63) is 66.0 Å². The number of amides is 2. The number of rotatable bonds is 5. The molecule has 0 aliphatic carbocycles. The third-order valence-corrected chi connectivity index (χ3v) is 6.52. The minimum absolute atomic E-state index is 0.0255. The highest BCUT2D eigenvalue weighted by Gasteiger charge is 2.36. The lowest BCUT2D eigenvalue weighted by Crippen LogP contribution is -2.52. The van der Waals surface area contributed by atoms with Gasteiger partial charge in [-0.05, 0) is 37.1 Å². The summed E-state index contributed by atoms with van der Waals surface area (Å²) in [4.78, 5) is 34.1. The Bertz CT molecular complexity index is 825. The molecular weight excluding hydrogens is 384 g/mol. The fourth-order valence-electron chi connectivity index (χ4n) is 3.86. The number of nitrogens with one attached hydrogen (secondary N) is 1. The highest BCUT2D eigenvalue weighted by Crippen LogP contribution is 2.24. The van der Waals surface area contributed by atoms with E-state index in [1.165, 1.54) is 0 Å². The van der Waals surface area contributed by atoms with Crippen molar-refractivity contribution in [3.63, 3.8) is 0 Å². The van der Waals surface area contributed by atoms with Crippen molar-refractivity contribution >= 4 is 23.6 Å². The van der Waals surface area contributed by atoms with Crippen LogP contribution in [0.2, 0.25) is 0 Å². The normalized spacial score (nSPS) is 20.6. The summed E-state index contributed by atoms with van der Waals surface area (Å²) >= 11 is 1.63. The van der Waals surface area contributed by atoms with Gasteiger partial charge in [0.05, 0.1) is 11.6 Å². The molecular formula is C22H26N4O2S. The highest BCUT2D eigenvalue weighted by molar-refractivity contribution is 7.99. The van der Waals surface area contributed by atoms with Gasteiger partial charge < -0.3 is 10.2 Å². The number of pyridine rings is 1. The average Bonchev–Trinajstić information content (AvgIpc) is 3.26. The molecule has 1 unspecified atom stereocenters. The first-order chi connectivity index (χ1) is 14.2. The van der Waals surface area contributed by atoms with Crippen LogP contribution in [0, 0.1) is 0 Å². The van der Waals surface area contributed by atoms with Gasteiger partial charge in [-0.1, -0.05) is 24.3 Å². The van der Waals surface area contributed by atoms with Gasteiger partial charge in [0.1, 0.15) is 6.04 Å². The maximum atomic E-state index is 12.9. The van der Waals surface area contributed by atoms with Gasteiger partial charge >= 0.3 is 0 Å². The van der Waals surface area contributed by atoms with Crippen LogP contribution in [0.25, 0.3) is 0 Å². The van der Waals surface area contributed by atoms with Crippen LogP contribution in [0.1, 0.15) is 28.9 Å². The zero-order valence-corrected chi connectivity index (χ0v) is 17.2. The molecule has 1 atom stereocenters. The van der Waals surface area contributed by atoms with Gasteiger partial charge in [0.2, 0.25) is 5.91 Å². The van der Waals surface area contributed by atoms with E-state index in [1.807, 2.05) is 42.6 Å². The number of piperidine rings is 1. The average molecular weight is 411 g/mol. The maximum absolute atomic E-state index is 12.9. The second-order valence-corrected chi connectivity index (χ2v) is 8.54. The number of nitrogens with zero attached hydrogens (tertiary/aromatic N) is 3. The van der Waals surface area contributed by atoms with Crippen molar-refractivity contribution in [2.45, 2.75) is 31.5 Å². The predicted octanol–water partition coefficient (Wildman–Crippen LogP) is 2.38. The maximum Gasteiger partial charge on any atom is 0.255 e. The number of benzene rings is 1. The van der Waals surface area contributed by atoms with Crippen LogP contribution in [-0.2, 0) is 11.3 Å². The molecule has 2 amide bonds. The van der Waals surface area contributed by atoms with Gasteiger partial charge in [-0.15, -0.1) is 11.8 Å². The third-order valence-electron chi connectivity index (χ3n) is 5.51. The Morgan fingerprint density at radius 1 is 1.07 bits per heavy atom. The monoisotopic (exact) mass is 410 g/mol. The fourth-order valence-corrected chi connectivity index (χ4v) is 5.01. The van der Waals surface area contributed by atoms with Gasteiger partial charge in [-0.25, -0.2) is 0 Å². The second kappa shape index (κ2) is 9.41. The van der Waals surface area contributed by atoms with Crippen molar-refractivity contribution in [2.75, 3.05) is 24.7 Å². The Morgan fingerprint density at radius 2 is 1.83 bits per heavy atom. The largest absolute Gasteiger partial charge is 0.351 e. The van der Waals surface area contributed by atoms with Crippen LogP contribution in [0.15, 0.2) is 54.7 Å². The van der Waals surface area contributed by atoms with E-state index < -0.39 is 0 Å². The van der Waals surface area contributed by atoms with E-state index in [2.05, 4.69) is 15.2 Å². The van der Waals surface area contributed by atoms with Crippen molar-refractivity contribution in [1.29, 1.82) is 0 Å². The van der Waals surface area contributed by atoms with E-state index in [-0.39, 0.29) is 23.9 Å². The molecule has 2 aliphatic heterocycles. The first kappa shape index (κ1) is 19.9. The van der Waals surface area contributed by atoms with Crippen molar-refractivity contribution < 1.29 is 9.59 Å². The first-order valence-electron chi connectivity index (χ1n) is 10.1. The summed E-state index contributed by atoms with van der Waals surface area (Å²) in [6, 6.07) is 15.0. The van der Waals surface area contributed by atoms with Crippen molar-refractivity contribution in [2.24, 2.45) is 0 Å². The molecule has 2 aromatic rings. The number of thioether (sulfide) groups is 1. The van der Waals surface area contributed by atoms with Crippen LogP contribution < -0.4 is 5.32 Å². The number of hydrogen-bond acceptors (Lipinski definition) is 5. The minimum Gasteiger partial charge on any atom is -0.351 e. The summed E-state index contributed by atoms with van der Waals surface area (Å²) in [5.74, 6) is 1.13. The Hall–Kier alpha value is -2.38. The molecule has 4 rings (SSSR count). The van der Waals surface area contributed by atoms with Gasteiger partial charge in [0.15, 0.2) is 0 Å². The summed E-state index contributed by atoms with van der Waals surface area (Å²) in [7, 11) is 0. The lowest BCUT2D eigenvalue weighted by molar-refractivity contribution is -0.125. The molecule has 0 spiro atoms. The molecule has 152 valence electrons. The lowest BCUT2D eigenvalue weighted by atomic mass is 10.0. The Kier molecular flexibility index (Phi) is 6.46. The van der Waals surface area contributed by atoms with Gasteiger partial charge in [-0.2, -0.15) is 0 Å². The number of carbonyl (C=O) groups is 2. The molecule has 2 saturated heterocycles. The predicted molar refractivity (Wildman–Crippen MR) is 114 cm³/mol.